The van der Waals surface area contributed by atoms with Gasteiger partial charge in [-0.1, -0.05) is 6.08 Å². The van der Waals surface area contributed by atoms with Crippen molar-refractivity contribution in [3.05, 3.63) is 11.6 Å². The van der Waals surface area contributed by atoms with E-state index >= 15 is 0 Å². The van der Waals surface area contributed by atoms with Gasteiger partial charge in [0.15, 0.2) is 0 Å². The van der Waals surface area contributed by atoms with Crippen LogP contribution in [0.5, 0.6) is 0 Å². The molecule has 0 aromatic rings. The molecule has 0 atom stereocenters. The third kappa shape index (κ3) is 32.5. The molecule has 0 saturated carbocycles. The minimum absolute atomic E-state index is 0.345. The Morgan fingerprint density at radius 1 is 1.40 bits per heavy atom. The molecular weight excluding hydrogens is 202 g/mol. The molecule has 15 heavy (non-hydrogen) atoms. The highest BCUT2D eigenvalue weighted by atomic mass is 16.4. The Bertz CT molecular complexity index is 201. The zero-order valence-electron chi connectivity index (χ0n) is 9.48. The minimum Gasteiger partial charge on any atom is -0.480 e. The molecule has 0 radical (unpaired) electrons. The predicted octanol–water partition coefficient (Wildman–Crippen LogP) is -0.236. The molecule has 0 aliphatic carbocycles. The normalized spacial score (nSPS) is 9.00. The molecule has 0 spiro atoms. The van der Waals surface area contributed by atoms with Gasteiger partial charge in [0.05, 0.1) is 0 Å². The standard InChI is InChI=1S/C5H9NO.C2H4O3.C2H6O/c1-3-4(2)5(6)7;3-1-2(4)5;1-3-2/h3H,1-2H3,(H2,6,7);3H,1H2,(H,4,5);1-2H3. The van der Waals surface area contributed by atoms with Crippen molar-refractivity contribution in [1.82, 2.24) is 0 Å². The van der Waals surface area contributed by atoms with Crippen molar-refractivity contribution in [3.8, 4) is 0 Å². The van der Waals surface area contributed by atoms with Crippen molar-refractivity contribution in [3.63, 3.8) is 0 Å². The second-order valence-corrected chi connectivity index (χ2v) is 2.30. The van der Waals surface area contributed by atoms with Gasteiger partial charge in [0.25, 0.3) is 0 Å². The van der Waals surface area contributed by atoms with Gasteiger partial charge in [0.1, 0.15) is 6.61 Å². The second kappa shape index (κ2) is 15.1. The molecule has 0 aliphatic heterocycles. The number of methoxy groups -OCH3 is 1. The van der Waals surface area contributed by atoms with E-state index in [1.165, 1.54) is 0 Å². The van der Waals surface area contributed by atoms with E-state index in [4.69, 9.17) is 20.7 Å². The lowest BCUT2D eigenvalue weighted by atomic mass is 10.3. The Balaban J connectivity index is -0.000000158. The molecule has 0 saturated heterocycles. The van der Waals surface area contributed by atoms with E-state index in [1.807, 2.05) is 0 Å². The summed E-state index contributed by atoms with van der Waals surface area (Å²) in [6.45, 7) is 2.68. The maximum absolute atomic E-state index is 10.1. The first-order valence-electron chi connectivity index (χ1n) is 4.02. The molecule has 6 heteroatoms. The third-order valence-electron chi connectivity index (χ3n) is 0.957. The summed E-state index contributed by atoms with van der Waals surface area (Å²) in [5, 5.41) is 15.0. The number of aliphatic hydroxyl groups is 1. The maximum atomic E-state index is 10.1. The fourth-order valence-electron chi connectivity index (χ4n) is 0.142. The molecule has 0 bridgehead atoms. The fraction of sp³-hybridized carbons (Fsp3) is 0.556. The Morgan fingerprint density at radius 2 is 1.67 bits per heavy atom. The van der Waals surface area contributed by atoms with Gasteiger partial charge in [-0.05, 0) is 13.8 Å². The van der Waals surface area contributed by atoms with Crippen LogP contribution < -0.4 is 5.73 Å². The lowest BCUT2D eigenvalue weighted by molar-refractivity contribution is -0.140. The molecule has 0 heterocycles. The van der Waals surface area contributed by atoms with E-state index in [-0.39, 0.29) is 5.91 Å². The molecule has 0 aliphatic rings. The maximum Gasteiger partial charge on any atom is 0.329 e. The SMILES string of the molecule is CC=C(C)C(N)=O.COC.O=C(O)CO. The van der Waals surface area contributed by atoms with Gasteiger partial charge in [-0.25, -0.2) is 4.79 Å². The minimum atomic E-state index is -1.19. The van der Waals surface area contributed by atoms with Crippen LogP contribution in [0.3, 0.4) is 0 Å². The number of allylic oxidation sites excluding steroid dienone is 1. The van der Waals surface area contributed by atoms with Crippen LogP contribution in [0.2, 0.25) is 0 Å². The number of rotatable bonds is 2. The Morgan fingerprint density at radius 3 is 1.67 bits per heavy atom. The number of carbonyl (C=O) groups is 2. The first-order chi connectivity index (χ1) is 6.87. The quantitative estimate of drug-likeness (QED) is 0.557. The van der Waals surface area contributed by atoms with E-state index in [0.717, 1.165) is 0 Å². The molecule has 0 unspecified atom stereocenters. The van der Waals surface area contributed by atoms with Crippen LogP contribution in [-0.4, -0.2) is 42.9 Å². The topological polar surface area (TPSA) is 110 Å². The zero-order valence-corrected chi connectivity index (χ0v) is 9.48. The number of hydrogen-bond acceptors (Lipinski definition) is 4. The van der Waals surface area contributed by atoms with E-state index in [9.17, 15) is 4.79 Å². The van der Waals surface area contributed by atoms with Gasteiger partial charge >= 0.3 is 5.97 Å². The largest absolute Gasteiger partial charge is 0.480 e. The van der Waals surface area contributed by atoms with Gasteiger partial charge in [0, 0.05) is 19.8 Å². The average molecular weight is 221 g/mol. The van der Waals surface area contributed by atoms with Crippen LogP contribution in [-0.2, 0) is 14.3 Å². The van der Waals surface area contributed by atoms with E-state index in [2.05, 4.69) is 4.74 Å². The first-order valence-corrected chi connectivity index (χ1v) is 4.02. The number of carboxylic acid groups (broad SMARTS) is 1. The van der Waals surface area contributed by atoms with Crippen molar-refractivity contribution in [1.29, 1.82) is 0 Å². The number of ether oxygens (including phenoxy) is 1. The summed E-state index contributed by atoms with van der Waals surface area (Å²) in [5.41, 5.74) is 5.45. The fourth-order valence-corrected chi connectivity index (χ4v) is 0.142. The average Bonchev–Trinajstić information content (AvgIpc) is 2.18. The van der Waals surface area contributed by atoms with Crippen LogP contribution in [0.1, 0.15) is 13.8 Å². The van der Waals surface area contributed by atoms with Crippen molar-refractivity contribution < 1.29 is 24.5 Å². The van der Waals surface area contributed by atoms with Crippen LogP contribution in [0.4, 0.5) is 0 Å². The summed E-state index contributed by atoms with van der Waals surface area (Å²) in [6, 6.07) is 0. The van der Waals surface area contributed by atoms with Gasteiger partial charge in [-0.15, -0.1) is 0 Å². The molecule has 0 rings (SSSR count). The van der Waals surface area contributed by atoms with E-state index in [1.54, 1.807) is 34.1 Å². The Kier molecular flexibility index (Phi) is 19.3. The number of aliphatic carboxylic acids is 1. The van der Waals surface area contributed by atoms with Gasteiger partial charge in [-0.3, -0.25) is 4.79 Å². The van der Waals surface area contributed by atoms with Crippen molar-refractivity contribution in [2.24, 2.45) is 5.73 Å². The molecular formula is C9H19NO5. The lowest BCUT2D eigenvalue weighted by Crippen LogP contribution is -2.10. The summed E-state index contributed by atoms with van der Waals surface area (Å²) < 4.78 is 4.25. The van der Waals surface area contributed by atoms with Crippen molar-refractivity contribution >= 4 is 11.9 Å². The molecule has 4 N–H and O–H groups in total. The van der Waals surface area contributed by atoms with Crippen LogP contribution in [0.25, 0.3) is 0 Å². The zero-order chi connectivity index (χ0) is 12.9. The molecule has 0 aromatic carbocycles. The van der Waals surface area contributed by atoms with Crippen molar-refractivity contribution in [2.75, 3.05) is 20.8 Å². The smallest absolute Gasteiger partial charge is 0.329 e. The highest BCUT2D eigenvalue weighted by Gasteiger charge is 1.90. The predicted molar refractivity (Wildman–Crippen MR) is 56.3 cm³/mol. The summed E-state index contributed by atoms with van der Waals surface area (Å²) in [5.74, 6) is -1.53. The number of carbonyl (C=O) groups excluding carboxylic acids is 1. The van der Waals surface area contributed by atoms with Crippen molar-refractivity contribution in [2.45, 2.75) is 13.8 Å². The van der Waals surface area contributed by atoms with Crippen LogP contribution in [0.15, 0.2) is 11.6 Å². The summed E-state index contributed by atoms with van der Waals surface area (Å²) in [4.78, 5) is 19.2. The Labute approximate surface area is 89.3 Å². The molecule has 0 aromatic heterocycles. The number of amides is 1. The van der Waals surface area contributed by atoms with E-state index in [0.29, 0.717) is 5.57 Å². The molecule has 1 amide bonds. The van der Waals surface area contributed by atoms with Gasteiger partial charge in [-0.2, -0.15) is 0 Å². The number of aliphatic hydroxyl groups excluding tert-OH is 1. The summed E-state index contributed by atoms with van der Waals surface area (Å²) in [7, 11) is 3.25. The summed E-state index contributed by atoms with van der Waals surface area (Å²) >= 11 is 0. The first kappa shape index (κ1) is 19.2. The number of hydrogen-bond donors (Lipinski definition) is 3. The lowest BCUT2D eigenvalue weighted by Gasteiger charge is -1.85. The number of nitrogens with two attached hydrogens (primary N) is 1. The highest BCUT2D eigenvalue weighted by Crippen LogP contribution is 1.85. The summed E-state index contributed by atoms with van der Waals surface area (Å²) in [6.07, 6.45) is 1.68. The number of carboxylic acids is 1. The Hall–Kier alpha value is -1.40. The van der Waals surface area contributed by atoms with Gasteiger partial charge < -0.3 is 20.7 Å². The highest BCUT2D eigenvalue weighted by molar-refractivity contribution is 5.91. The van der Waals surface area contributed by atoms with Crippen LogP contribution >= 0.6 is 0 Å². The molecule has 0 fully saturated rings. The molecule has 6 nitrogen and oxygen atoms in total. The van der Waals surface area contributed by atoms with Gasteiger partial charge in [0.2, 0.25) is 5.91 Å². The number of primary amides is 1. The second-order valence-electron chi connectivity index (χ2n) is 2.30. The van der Waals surface area contributed by atoms with Crippen LogP contribution in [0, 0.1) is 0 Å². The van der Waals surface area contributed by atoms with E-state index < -0.39 is 12.6 Å². The third-order valence-corrected chi connectivity index (χ3v) is 0.957. The monoisotopic (exact) mass is 221 g/mol. The molecule has 90 valence electrons.